The minimum atomic E-state index is -0.449. The second kappa shape index (κ2) is 7.86. The van der Waals surface area contributed by atoms with Crippen molar-refractivity contribution in [2.45, 2.75) is 53.7 Å². The maximum Gasteiger partial charge on any atom is 0.410 e. The maximum absolute atomic E-state index is 12.0. The van der Waals surface area contributed by atoms with Crippen LogP contribution in [0, 0.1) is 19.8 Å². The lowest BCUT2D eigenvalue weighted by atomic mass is 10.1. The van der Waals surface area contributed by atoms with E-state index in [2.05, 4.69) is 43.8 Å². The zero-order valence-corrected chi connectivity index (χ0v) is 16.0. The molecule has 5 heteroatoms. The van der Waals surface area contributed by atoms with Crippen LogP contribution in [0.25, 0.3) is 0 Å². The summed E-state index contributed by atoms with van der Waals surface area (Å²) >= 11 is 0. The van der Waals surface area contributed by atoms with Gasteiger partial charge in [0, 0.05) is 38.6 Å². The van der Waals surface area contributed by atoms with Gasteiger partial charge in [-0.15, -0.1) is 0 Å². The Labute approximate surface area is 141 Å². The van der Waals surface area contributed by atoms with Crippen LogP contribution >= 0.6 is 0 Å². The largest absolute Gasteiger partial charge is 0.444 e. The van der Waals surface area contributed by atoms with Gasteiger partial charge in [0.25, 0.3) is 0 Å². The molecule has 0 aliphatic heterocycles. The molecule has 23 heavy (non-hydrogen) atoms. The molecule has 1 unspecified atom stereocenters. The SMILES string of the molecule is Cc1cc(CNCC(C)CN(C)C(=O)OC(C)(C)C)c(C)n1C. The molecule has 0 aliphatic rings. The van der Waals surface area contributed by atoms with E-state index in [1.807, 2.05) is 20.8 Å². The zero-order valence-electron chi connectivity index (χ0n) is 16.0. The quantitative estimate of drug-likeness (QED) is 0.874. The molecule has 0 fully saturated rings. The average Bonchev–Trinajstić information content (AvgIpc) is 2.64. The molecule has 1 N–H and O–H groups in total. The van der Waals surface area contributed by atoms with E-state index < -0.39 is 5.60 Å². The fourth-order valence-corrected chi connectivity index (χ4v) is 2.51. The van der Waals surface area contributed by atoms with Gasteiger partial charge in [-0.25, -0.2) is 4.79 Å². The van der Waals surface area contributed by atoms with Crippen LogP contribution in [0.5, 0.6) is 0 Å². The molecule has 1 aromatic heterocycles. The molecule has 0 saturated carbocycles. The number of aryl methyl sites for hydroxylation is 1. The molecule has 0 aliphatic carbocycles. The highest BCUT2D eigenvalue weighted by Gasteiger charge is 2.20. The van der Waals surface area contributed by atoms with Gasteiger partial charge in [0.15, 0.2) is 0 Å². The molecule has 1 heterocycles. The van der Waals surface area contributed by atoms with Crippen molar-refractivity contribution >= 4 is 6.09 Å². The smallest absolute Gasteiger partial charge is 0.410 e. The van der Waals surface area contributed by atoms with Gasteiger partial charge < -0.3 is 19.5 Å². The van der Waals surface area contributed by atoms with Gasteiger partial charge in [-0.05, 0) is 58.7 Å². The summed E-state index contributed by atoms with van der Waals surface area (Å²) in [5, 5.41) is 3.48. The Bertz CT molecular complexity index is 529. The van der Waals surface area contributed by atoms with Gasteiger partial charge in [0.2, 0.25) is 0 Å². The van der Waals surface area contributed by atoms with E-state index in [1.54, 1.807) is 11.9 Å². The van der Waals surface area contributed by atoms with E-state index >= 15 is 0 Å². The van der Waals surface area contributed by atoms with Gasteiger partial charge in [-0.3, -0.25) is 0 Å². The van der Waals surface area contributed by atoms with Crippen LogP contribution in [-0.4, -0.2) is 41.3 Å². The molecule has 0 spiro atoms. The van der Waals surface area contributed by atoms with Gasteiger partial charge >= 0.3 is 6.09 Å². The first-order valence-electron chi connectivity index (χ1n) is 8.28. The number of hydrogen-bond donors (Lipinski definition) is 1. The summed E-state index contributed by atoms with van der Waals surface area (Å²) in [6.07, 6.45) is -0.265. The lowest BCUT2D eigenvalue weighted by Crippen LogP contribution is -2.38. The normalized spacial score (nSPS) is 13.0. The lowest BCUT2D eigenvalue weighted by molar-refractivity contribution is 0.0277. The van der Waals surface area contributed by atoms with Gasteiger partial charge in [0.1, 0.15) is 5.60 Å². The number of hydrogen-bond acceptors (Lipinski definition) is 3. The monoisotopic (exact) mass is 323 g/mol. The third-order valence-corrected chi connectivity index (χ3v) is 3.98. The number of ether oxygens (including phenoxy) is 1. The Balaban J connectivity index is 2.38. The van der Waals surface area contributed by atoms with Crippen LogP contribution < -0.4 is 5.32 Å². The summed E-state index contributed by atoms with van der Waals surface area (Å²) in [6.45, 7) is 14.4. The molecule has 132 valence electrons. The standard InChI is InChI=1S/C18H33N3O2/c1-13(12-20(7)17(22)23-18(4,5)6)10-19-11-16-9-14(2)21(8)15(16)3/h9,13,19H,10-12H2,1-8H3. The molecule has 1 atom stereocenters. The first-order chi connectivity index (χ1) is 10.5. The first kappa shape index (κ1) is 19.6. The highest BCUT2D eigenvalue weighted by atomic mass is 16.6. The highest BCUT2D eigenvalue weighted by Crippen LogP contribution is 2.13. The number of nitrogens with zero attached hydrogens (tertiary/aromatic N) is 2. The Morgan fingerprint density at radius 2 is 2.00 bits per heavy atom. The summed E-state index contributed by atoms with van der Waals surface area (Å²) in [4.78, 5) is 13.6. The van der Waals surface area contributed by atoms with E-state index in [0.29, 0.717) is 12.5 Å². The van der Waals surface area contributed by atoms with Crippen molar-refractivity contribution in [3.8, 4) is 0 Å². The molecule has 1 aromatic rings. The molecule has 0 saturated heterocycles. The molecule has 0 radical (unpaired) electrons. The van der Waals surface area contributed by atoms with Crippen molar-refractivity contribution in [3.63, 3.8) is 0 Å². The van der Waals surface area contributed by atoms with Crippen LogP contribution in [-0.2, 0) is 18.3 Å². The fraction of sp³-hybridized carbons (Fsp3) is 0.722. The van der Waals surface area contributed by atoms with E-state index in [4.69, 9.17) is 4.74 Å². The van der Waals surface area contributed by atoms with Crippen LogP contribution in [0.15, 0.2) is 6.07 Å². The van der Waals surface area contributed by atoms with Crippen LogP contribution in [0.3, 0.4) is 0 Å². The predicted octanol–water partition coefficient (Wildman–Crippen LogP) is 3.23. The van der Waals surface area contributed by atoms with Crippen molar-refractivity contribution in [2.75, 3.05) is 20.1 Å². The van der Waals surface area contributed by atoms with E-state index in [9.17, 15) is 4.79 Å². The summed E-state index contributed by atoms with van der Waals surface area (Å²) in [6, 6.07) is 2.22. The highest BCUT2D eigenvalue weighted by molar-refractivity contribution is 5.67. The summed E-state index contributed by atoms with van der Waals surface area (Å²) in [7, 11) is 3.88. The number of amides is 1. The Hall–Kier alpha value is -1.49. The average molecular weight is 323 g/mol. The summed E-state index contributed by atoms with van der Waals surface area (Å²) < 4.78 is 7.57. The van der Waals surface area contributed by atoms with Gasteiger partial charge in [-0.2, -0.15) is 0 Å². The lowest BCUT2D eigenvalue weighted by Gasteiger charge is -2.26. The number of carbonyl (C=O) groups is 1. The van der Waals surface area contributed by atoms with E-state index in [0.717, 1.165) is 13.1 Å². The minimum absolute atomic E-state index is 0.265. The van der Waals surface area contributed by atoms with Crippen LogP contribution in [0.2, 0.25) is 0 Å². The third-order valence-electron chi connectivity index (χ3n) is 3.98. The summed E-state index contributed by atoms with van der Waals surface area (Å²) in [5.74, 6) is 0.359. The zero-order chi connectivity index (χ0) is 17.8. The van der Waals surface area contributed by atoms with Crippen LogP contribution in [0.1, 0.15) is 44.6 Å². The number of carbonyl (C=O) groups excluding carboxylic acids is 1. The Morgan fingerprint density at radius 1 is 1.39 bits per heavy atom. The third kappa shape index (κ3) is 6.26. The van der Waals surface area contributed by atoms with E-state index in [1.165, 1.54) is 17.0 Å². The maximum atomic E-state index is 12.0. The fourth-order valence-electron chi connectivity index (χ4n) is 2.51. The molecular weight excluding hydrogens is 290 g/mol. The van der Waals surface area contributed by atoms with Crippen LogP contribution in [0.4, 0.5) is 4.79 Å². The number of aromatic nitrogens is 1. The molecular formula is C18H33N3O2. The number of rotatable bonds is 6. The van der Waals surface area contributed by atoms with Crippen molar-refractivity contribution in [1.29, 1.82) is 0 Å². The van der Waals surface area contributed by atoms with Crippen molar-refractivity contribution < 1.29 is 9.53 Å². The van der Waals surface area contributed by atoms with Gasteiger partial charge in [-0.1, -0.05) is 6.92 Å². The topological polar surface area (TPSA) is 46.5 Å². The van der Waals surface area contributed by atoms with Crippen molar-refractivity contribution in [3.05, 3.63) is 23.0 Å². The molecule has 0 aromatic carbocycles. The molecule has 1 rings (SSSR count). The predicted molar refractivity (Wildman–Crippen MR) is 94.6 cm³/mol. The van der Waals surface area contributed by atoms with E-state index in [-0.39, 0.29) is 6.09 Å². The number of nitrogens with one attached hydrogen (secondary N) is 1. The molecule has 5 nitrogen and oxygen atoms in total. The van der Waals surface area contributed by atoms with Gasteiger partial charge in [0.05, 0.1) is 0 Å². The Morgan fingerprint density at radius 3 is 2.48 bits per heavy atom. The van der Waals surface area contributed by atoms with Crippen molar-refractivity contribution in [1.82, 2.24) is 14.8 Å². The Kier molecular flexibility index (Phi) is 6.69. The van der Waals surface area contributed by atoms with Crippen molar-refractivity contribution in [2.24, 2.45) is 13.0 Å². The second-order valence-electron chi connectivity index (χ2n) is 7.55. The second-order valence-corrected chi connectivity index (χ2v) is 7.55. The molecule has 0 bridgehead atoms. The molecule has 1 amide bonds. The first-order valence-corrected chi connectivity index (χ1v) is 8.28. The summed E-state index contributed by atoms with van der Waals surface area (Å²) in [5.41, 5.74) is 3.46. The minimum Gasteiger partial charge on any atom is -0.444 e.